The van der Waals surface area contributed by atoms with Gasteiger partial charge in [-0.05, 0) is 10.4 Å². The summed E-state index contributed by atoms with van der Waals surface area (Å²) >= 11 is 7.16. The first-order valence-corrected chi connectivity index (χ1v) is 10.9. The van der Waals surface area contributed by atoms with E-state index < -0.39 is 28.7 Å². The molecule has 32 heavy (non-hydrogen) atoms. The molecule has 1 fully saturated rings. The molecule has 0 spiro atoms. The number of β-lactam (4-membered cyclic amide) rings is 1. The molecule has 0 radical (unpaired) electrons. The van der Waals surface area contributed by atoms with E-state index in [-0.39, 0.29) is 69.3 Å². The smallest absolute Gasteiger partial charge is 0.543 e. The molecule has 4 heterocycles. The molecule has 2 aliphatic rings. The van der Waals surface area contributed by atoms with Crippen molar-refractivity contribution in [2.75, 3.05) is 5.75 Å². The standard InChI is InChI=1S/C15H14N8O5S3.Na/c1-21-10(18-19-20-21)7-4-30-13-15(5-29,12(27)22(13)9(7)11(25)26)17-8(24)2-6-3-31-14(16)23(6)28;/h3,5,13,16,28H,2,4H2,1H3,(H,17,24)(H,25,26);/q;+1/p-1/t13-,15?;/m0./s1. The molecule has 0 aromatic carbocycles. The van der Waals surface area contributed by atoms with Crippen molar-refractivity contribution in [1.29, 1.82) is 5.41 Å². The van der Waals surface area contributed by atoms with Crippen LogP contribution < -0.4 is 44.8 Å². The van der Waals surface area contributed by atoms with Crippen LogP contribution in [-0.2, 0) is 27.9 Å². The number of fused-ring (bicyclic) bond motifs is 1. The number of rotatable bonds is 6. The molecule has 2 atom stereocenters. The van der Waals surface area contributed by atoms with Gasteiger partial charge in [-0.3, -0.25) is 19.9 Å². The number of amides is 2. The van der Waals surface area contributed by atoms with Crippen LogP contribution in [0.2, 0.25) is 0 Å². The van der Waals surface area contributed by atoms with Crippen molar-refractivity contribution in [3.63, 3.8) is 0 Å². The number of thioether (sulfide) groups is 1. The van der Waals surface area contributed by atoms with Gasteiger partial charge >= 0.3 is 29.6 Å². The second kappa shape index (κ2) is 9.03. The summed E-state index contributed by atoms with van der Waals surface area (Å²) in [4.78, 5) is 38.4. The number of nitrogens with one attached hydrogen (secondary N) is 2. The van der Waals surface area contributed by atoms with Gasteiger partial charge in [0.2, 0.25) is 10.7 Å². The van der Waals surface area contributed by atoms with E-state index in [0.717, 1.165) is 21.6 Å². The molecule has 162 valence electrons. The van der Waals surface area contributed by atoms with E-state index in [1.807, 2.05) is 0 Å². The number of carbonyl (C=O) groups excluding carboxylic acids is 3. The molecule has 2 aliphatic heterocycles. The van der Waals surface area contributed by atoms with Gasteiger partial charge in [0, 0.05) is 29.1 Å². The maximum atomic E-state index is 13.1. The van der Waals surface area contributed by atoms with Crippen LogP contribution in [0.5, 0.6) is 0 Å². The van der Waals surface area contributed by atoms with Gasteiger partial charge in [-0.1, -0.05) is 12.2 Å². The van der Waals surface area contributed by atoms with Crippen LogP contribution in [0.1, 0.15) is 11.5 Å². The van der Waals surface area contributed by atoms with Crippen molar-refractivity contribution in [2.45, 2.75) is 17.3 Å². The number of carboxylic acids is 1. The van der Waals surface area contributed by atoms with Crippen LogP contribution in [0.3, 0.4) is 0 Å². The number of aryl methyl sites for hydroxylation is 1. The molecule has 0 aliphatic carbocycles. The zero-order valence-electron chi connectivity index (χ0n) is 16.6. The second-order valence-electron chi connectivity index (χ2n) is 6.64. The Balaban J connectivity index is 0.00000289. The van der Waals surface area contributed by atoms with Crippen molar-refractivity contribution in [3.05, 3.63) is 27.4 Å². The summed E-state index contributed by atoms with van der Waals surface area (Å²) in [6, 6.07) is 0. The average molecular weight is 505 g/mol. The van der Waals surface area contributed by atoms with E-state index in [4.69, 9.17) is 17.6 Å². The van der Waals surface area contributed by atoms with Gasteiger partial charge in [0.05, 0.1) is 23.8 Å². The molecule has 4 rings (SSSR count). The molecule has 3 N–H and O–H groups in total. The van der Waals surface area contributed by atoms with Crippen LogP contribution in [0, 0.1) is 5.41 Å². The number of nitrogens with zero attached hydrogens (tertiary/aromatic N) is 6. The van der Waals surface area contributed by atoms with Crippen LogP contribution in [0.25, 0.3) is 5.57 Å². The predicted molar refractivity (Wildman–Crippen MR) is 107 cm³/mol. The first-order valence-electron chi connectivity index (χ1n) is 8.54. The molecular formula is C15H13N8NaO5S3. The fourth-order valence-electron chi connectivity index (χ4n) is 3.39. The van der Waals surface area contributed by atoms with E-state index in [9.17, 15) is 24.7 Å². The van der Waals surface area contributed by atoms with Crippen molar-refractivity contribution >= 4 is 64.0 Å². The number of tetrazole rings is 1. The number of carbonyl (C=O) groups is 3. The zero-order chi connectivity index (χ0) is 22.5. The Hall–Kier alpha value is -2.11. The number of thiocarbonyl (C=S) groups is 1. The number of aromatic nitrogens is 5. The number of hydrogen-bond acceptors (Lipinski definition) is 12. The first kappa shape index (κ1) is 24.5. The van der Waals surface area contributed by atoms with Crippen LogP contribution in [0.15, 0.2) is 11.1 Å². The Morgan fingerprint density at radius 2 is 2.25 bits per heavy atom. The quantitative estimate of drug-likeness (QED) is 0.148. The maximum Gasteiger partial charge on any atom is 1.00 e. The molecule has 1 saturated heterocycles. The zero-order valence-corrected chi connectivity index (χ0v) is 21.1. The normalized spacial score (nSPS) is 22.0. The van der Waals surface area contributed by atoms with Crippen LogP contribution in [0.4, 0.5) is 0 Å². The van der Waals surface area contributed by atoms with E-state index in [1.54, 1.807) is 0 Å². The van der Waals surface area contributed by atoms with Gasteiger partial charge in [-0.25, -0.2) is 4.68 Å². The summed E-state index contributed by atoms with van der Waals surface area (Å²) in [7, 11) is 1.53. The van der Waals surface area contributed by atoms with E-state index in [1.165, 1.54) is 28.9 Å². The summed E-state index contributed by atoms with van der Waals surface area (Å²) in [6.45, 7) is 0. The summed E-state index contributed by atoms with van der Waals surface area (Å²) < 4.78 is 1.85. The summed E-state index contributed by atoms with van der Waals surface area (Å²) in [5.74, 6) is -2.63. The summed E-state index contributed by atoms with van der Waals surface area (Å²) in [6.07, 6.45) is -0.305. The Bertz CT molecular complexity index is 1220. The minimum atomic E-state index is -1.61. The first-order chi connectivity index (χ1) is 14.7. The third-order valence-corrected chi connectivity index (χ3v) is 7.35. The van der Waals surface area contributed by atoms with E-state index in [0.29, 0.717) is 4.73 Å². The second-order valence-corrected chi connectivity index (χ2v) is 8.80. The van der Waals surface area contributed by atoms with Crippen molar-refractivity contribution in [2.24, 2.45) is 7.05 Å². The minimum absolute atomic E-state index is 0. The van der Waals surface area contributed by atoms with Crippen molar-refractivity contribution in [1.82, 2.24) is 35.2 Å². The molecule has 17 heteroatoms. The van der Waals surface area contributed by atoms with Crippen LogP contribution >= 0.6 is 35.3 Å². The largest absolute Gasteiger partial charge is 1.00 e. The van der Waals surface area contributed by atoms with Gasteiger partial charge in [-0.2, -0.15) is 4.73 Å². The SMILES string of the molecule is Cn1nnnc1C1=C(C(=O)[O-])N2C(=O)C(C=S)(NC(=O)Cc3csc(=N)n3O)[C@@H]2SC1.[Na+]. The summed E-state index contributed by atoms with van der Waals surface area (Å²) in [5, 5.41) is 44.4. The molecule has 2 aromatic rings. The third kappa shape index (κ3) is 3.69. The number of hydrogen-bond donors (Lipinski definition) is 3. The van der Waals surface area contributed by atoms with E-state index in [2.05, 4.69) is 20.8 Å². The molecule has 2 amide bonds. The van der Waals surface area contributed by atoms with Gasteiger partial charge in [0.1, 0.15) is 5.37 Å². The van der Waals surface area contributed by atoms with Gasteiger partial charge in [-0.15, -0.1) is 28.2 Å². The molecule has 0 bridgehead atoms. The predicted octanol–water partition coefficient (Wildman–Crippen LogP) is -5.73. The molecule has 0 saturated carbocycles. The summed E-state index contributed by atoms with van der Waals surface area (Å²) in [5.41, 5.74) is -1.60. The monoisotopic (exact) mass is 504 g/mol. The van der Waals surface area contributed by atoms with Crippen molar-refractivity contribution < 1.29 is 54.3 Å². The molecular weight excluding hydrogens is 491 g/mol. The maximum absolute atomic E-state index is 13.1. The van der Waals surface area contributed by atoms with Crippen molar-refractivity contribution in [3.8, 4) is 0 Å². The van der Waals surface area contributed by atoms with Crippen LogP contribution in [-0.4, -0.2) is 74.9 Å². The Morgan fingerprint density at radius 3 is 2.78 bits per heavy atom. The minimum Gasteiger partial charge on any atom is -0.543 e. The van der Waals surface area contributed by atoms with Gasteiger partial charge in [0.15, 0.2) is 11.4 Å². The van der Waals surface area contributed by atoms with Gasteiger partial charge < -0.3 is 20.4 Å². The van der Waals surface area contributed by atoms with Gasteiger partial charge in [0.25, 0.3) is 5.91 Å². The number of carboxylic acid groups (broad SMARTS) is 1. The Labute approximate surface area is 215 Å². The number of aliphatic carboxylic acids is 1. The fourth-order valence-corrected chi connectivity index (χ4v) is 5.84. The topological polar surface area (TPSA) is 182 Å². The Morgan fingerprint density at radius 1 is 1.53 bits per heavy atom. The third-order valence-electron chi connectivity index (χ3n) is 4.84. The molecule has 1 unspecified atom stereocenters. The number of thiazole rings is 1. The Kier molecular flexibility index (Phi) is 6.92. The molecule has 2 aromatic heterocycles. The fraction of sp³-hybridized carbons (Fsp3) is 0.333. The molecule has 13 nitrogen and oxygen atoms in total. The average Bonchev–Trinajstić information content (AvgIpc) is 3.30. The van der Waals surface area contributed by atoms with E-state index >= 15 is 0 Å².